The predicted octanol–water partition coefficient (Wildman–Crippen LogP) is 22.1. The number of hydrogen-bond acceptors (Lipinski definition) is 6. The van der Waals surface area contributed by atoms with Crippen molar-refractivity contribution in [2.24, 2.45) is 0 Å². The molecule has 0 atom stereocenters. The third kappa shape index (κ3) is 21.2. The average Bonchev–Trinajstić information content (AvgIpc) is 1.80. The van der Waals surface area contributed by atoms with Gasteiger partial charge >= 0.3 is 0 Å². The Morgan fingerprint density at radius 2 is 0.515 bits per heavy atom. The molecule has 6 aromatic heterocycles. The van der Waals surface area contributed by atoms with E-state index in [-0.39, 0.29) is 60.3 Å². The molecule has 6 heterocycles. The Hall–Kier alpha value is -10.2. The molecule has 9 aromatic carbocycles. The first-order valence-electron chi connectivity index (χ1n) is 34.4. The van der Waals surface area contributed by atoms with Crippen molar-refractivity contribution in [3.8, 4) is 101 Å². The predicted molar refractivity (Wildman–Crippen MR) is 408 cm³/mol. The van der Waals surface area contributed by atoms with Gasteiger partial charge in [0.2, 0.25) is 0 Å². The molecule has 3 radical (unpaired) electrons. The Morgan fingerprint density at radius 1 is 0.214 bits per heavy atom. The molecular weight excluding hydrogens is 1790 g/mol. The van der Waals surface area contributed by atoms with Crippen LogP contribution in [0, 0.1) is 36.4 Å². The fourth-order valence-corrected chi connectivity index (χ4v) is 12.5. The van der Waals surface area contributed by atoms with Gasteiger partial charge in [-0.15, -0.1) is 215 Å². The van der Waals surface area contributed by atoms with Crippen molar-refractivity contribution in [3.63, 3.8) is 0 Å². The number of fused-ring (bicyclic) bond motifs is 3. The summed E-state index contributed by atoms with van der Waals surface area (Å²) in [6, 6.07) is 117. The smallest absolute Gasteiger partial charge is 0.0239 e. The number of rotatable bonds is 9. The summed E-state index contributed by atoms with van der Waals surface area (Å²) in [5.74, 6) is 0. The molecule has 103 heavy (non-hydrogen) atoms. The van der Waals surface area contributed by atoms with Crippen LogP contribution in [0.15, 0.2) is 328 Å². The Morgan fingerprint density at radius 3 is 0.864 bits per heavy atom. The van der Waals surface area contributed by atoms with E-state index in [9.17, 15) is 0 Å². The third-order valence-electron chi connectivity index (χ3n) is 17.7. The molecule has 0 amide bonds. The van der Waals surface area contributed by atoms with E-state index in [0.29, 0.717) is 0 Å². The molecule has 0 saturated carbocycles. The van der Waals surface area contributed by atoms with E-state index >= 15 is 0 Å². The van der Waals surface area contributed by atoms with Gasteiger partial charge < -0.3 is 29.9 Å². The van der Waals surface area contributed by atoms with E-state index in [1.165, 1.54) is 114 Å². The second-order valence-electron chi connectivity index (χ2n) is 24.4. The zero-order valence-electron chi connectivity index (χ0n) is 56.9. The number of benzene rings is 9. The van der Waals surface area contributed by atoms with Gasteiger partial charge in [-0.25, -0.2) is 0 Å². The largest absolute Gasteiger partial charge is 0.304 e. The van der Waals surface area contributed by atoms with Crippen molar-refractivity contribution in [2.45, 2.75) is 64.2 Å². The molecule has 9 heteroatoms. The molecular formula is C94H74Ir3N6-6. The minimum Gasteiger partial charge on any atom is -0.304 e. The first-order chi connectivity index (χ1) is 49.6. The first-order valence-corrected chi connectivity index (χ1v) is 34.4. The molecule has 0 spiro atoms. The number of hydrogen-bond donors (Lipinski definition) is 0. The van der Waals surface area contributed by atoms with Gasteiger partial charge in [-0.3, -0.25) is 0 Å². The summed E-state index contributed by atoms with van der Waals surface area (Å²) in [5.41, 5.74) is 28.2. The molecule has 6 nitrogen and oxygen atoms in total. The fourth-order valence-electron chi connectivity index (χ4n) is 12.5. The summed E-state index contributed by atoms with van der Waals surface area (Å²) in [7, 11) is 0. The Labute approximate surface area is 648 Å². The number of pyridine rings is 6. The monoisotopic (exact) mass is 1870 g/mol. The second-order valence-corrected chi connectivity index (χ2v) is 24.4. The van der Waals surface area contributed by atoms with Crippen molar-refractivity contribution >= 4 is 0 Å². The van der Waals surface area contributed by atoms with Gasteiger partial charge in [-0.1, -0.05) is 162 Å². The Kier molecular flexibility index (Phi) is 29.2. The van der Waals surface area contributed by atoms with E-state index in [1.54, 1.807) is 0 Å². The summed E-state index contributed by atoms with van der Waals surface area (Å²) < 4.78 is 0. The van der Waals surface area contributed by atoms with Gasteiger partial charge in [0.15, 0.2) is 0 Å². The van der Waals surface area contributed by atoms with Crippen LogP contribution in [0.1, 0.15) is 59.1 Å². The van der Waals surface area contributed by atoms with Gasteiger partial charge in [0, 0.05) is 97.5 Å². The fraction of sp³-hybridized carbons (Fsp3) is 0.106. The van der Waals surface area contributed by atoms with Crippen LogP contribution in [0.5, 0.6) is 0 Å². The van der Waals surface area contributed by atoms with Crippen LogP contribution in [0.3, 0.4) is 0 Å². The number of aromatic nitrogens is 6. The minimum atomic E-state index is 0. The molecule has 0 aliphatic heterocycles. The van der Waals surface area contributed by atoms with Crippen molar-refractivity contribution in [1.29, 1.82) is 0 Å². The zero-order valence-corrected chi connectivity index (χ0v) is 64.1. The summed E-state index contributed by atoms with van der Waals surface area (Å²) in [5, 5.41) is 0. The van der Waals surface area contributed by atoms with E-state index in [1.807, 2.05) is 237 Å². The third-order valence-corrected chi connectivity index (χ3v) is 17.7. The van der Waals surface area contributed by atoms with Crippen molar-refractivity contribution in [2.75, 3.05) is 0 Å². The van der Waals surface area contributed by atoms with Crippen molar-refractivity contribution in [1.82, 2.24) is 29.9 Å². The maximum atomic E-state index is 4.53. The van der Waals surface area contributed by atoms with Gasteiger partial charge in [0.05, 0.1) is 0 Å². The standard InChI is InChI=1S/3C17H12N.C15H14N.2C14H12N.3Ir/c3*1-3-7-14(8-4-1)16-11-12-17(18-13-16)15-9-5-2-6-10-15;1-2-6-12(7-3-1)15-10-13-8-4-5-9-14(13)11-16-15;1-2-5-11(6-3-1)14-9-12-7-4-8-13(12)10-15-14;1-2-5-12(6-3-1)14-13-8-4-7-11(13)9-10-15-14;;;/h3*1-9,11-13H;1-3,6,10-11H,4-5,8-9H2;2*1-3,5,9-10H,4,7-8H2;;;/q6*-1;;;. The maximum Gasteiger partial charge on any atom is 0.0239 e. The van der Waals surface area contributed by atoms with Gasteiger partial charge in [-0.05, 0) is 149 Å². The summed E-state index contributed by atoms with van der Waals surface area (Å²) >= 11 is 0. The molecule has 3 aliphatic carbocycles. The SMILES string of the molecule is [Ir].[Ir].[Ir].[c-]1ccccc1-c1cc2c(cn1)CCC2.[c-]1ccccc1-c1cc2c(cn1)CCCC2.[c-]1ccccc1-c1ccc(-c2ccccc2)cn1.[c-]1ccccc1-c1ccc(-c2ccccc2)cn1.[c-]1ccccc1-c1ccc(-c2ccccc2)cn1.[c-]1ccccc1-c1nccc2c1CCC2. The number of aryl methyl sites for hydroxylation is 5. The molecule has 0 saturated heterocycles. The Bertz CT molecular complexity index is 4480. The van der Waals surface area contributed by atoms with Gasteiger partial charge in [0.1, 0.15) is 0 Å². The summed E-state index contributed by atoms with van der Waals surface area (Å²) in [6.07, 6.45) is 24.1. The van der Waals surface area contributed by atoms with Crippen LogP contribution in [-0.2, 0) is 98.8 Å². The normalized spacial score (nSPS) is 11.7. The first kappa shape index (κ1) is 75.5. The topological polar surface area (TPSA) is 77.3 Å². The maximum absolute atomic E-state index is 4.53. The minimum absolute atomic E-state index is 0. The molecule has 0 fully saturated rings. The zero-order chi connectivity index (χ0) is 67.6. The van der Waals surface area contributed by atoms with E-state index in [2.05, 4.69) is 157 Å². The molecule has 15 aromatic rings. The molecule has 513 valence electrons. The van der Waals surface area contributed by atoms with Crippen LogP contribution in [0.25, 0.3) is 101 Å². The molecule has 0 unspecified atom stereocenters. The average molecular weight is 1860 g/mol. The molecule has 3 aliphatic rings. The van der Waals surface area contributed by atoms with Gasteiger partial charge in [-0.2, -0.15) is 0 Å². The van der Waals surface area contributed by atoms with Crippen molar-refractivity contribution in [3.05, 3.63) is 398 Å². The van der Waals surface area contributed by atoms with Crippen LogP contribution >= 0.6 is 0 Å². The molecule has 18 rings (SSSR count). The molecule has 0 N–H and O–H groups in total. The van der Waals surface area contributed by atoms with Crippen LogP contribution in [-0.4, -0.2) is 29.9 Å². The van der Waals surface area contributed by atoms with E-state index in [0.717, 1.165) is 84.2 Å². The van der Waals surface area contributed by atoms with Gasteiger partial charge in [0.25, 0.3) is 0 Å². The van der Waals surface area contributed by atoms with Crippen molar-refractivity contribution < 1.29 is 60.3 Å². The van der Waals surface area contributed by atoms with E-state index in [4.69, 9.17) is 0 Å². The van der Waals surface area contributed by atoms with E-state index < -0.39 is 0 Å². The summed E-state index contributed by atoms with van der Waals surface area (Å²) in [6.45, 7) is 0. The quantitative estimate of drug-likeness (QED) is 0.134. The second kappa shape index (κ2) is 39.9. The van der Waals surface area contributed by atoms with Crippen LogP contribution < -0.4 is 0 Å². The molecule has 0 bridgehead atoms. The number of nitrogens with zero attached hydrogens (tertiary/aromatic N) is 6. The van der Waals surface area contributed by atoms with Crippen LogP contribution in [0.4, 0.5) is 0 Å². The Balaban J connectivity index is 0.000000132. The summed E-state index contributed by atoms with van der Waals surface area (Å²) in [4.78, 5) is 27.0. The van der Waals surface area contributed by atoms with Crippen LogP contribution in [0.2, 0.25) is 0 Å².